The number of aliphatic carboxylic acids is 1. The molecule has 0 aliphatic carbocycles. The summed E-state index contributed by atoms with van der Waals surface area (Å²) in [4.78, 5) is 24.0. The molecule has 0 saturated carbocycles. The van der Waals surface area contributed by atoms with Crippen molar-refractivity contribution in [2.45, 2.75) is 20.0 Å². The van der Waals surface area contributed by atoms with Crippen LogP contribution in [0.25, 0.3) is 10.9 Å². The molecule has 4 aromatic rings. The maximum atomic E-state index is 11.2. The van der Waals surface area contributed by atoms with Gasteiger partial charge in [-0.05, 0) is 55.8 Å². The van der Waals surface area contributed by atoms with E-state index in [4.69, 9.17) is 9.47 Å². The number of pyridine rings is 1. The van der Waals surface area contributed by atoms with E-state index in [1.165, 1.54) is 13.3 Å². The van der Waals surface area contributed by atoms with Gasteiger partial charge in [-0.25, -0.2) is 19.7 Å². The predicted molar refractivity (Wildman–Crippen MR) is 116 cm³/mol. The minimum absolute atomic E-state index is 0.391. The average Bonchev–Trinajstić information content (AvgIpc) is 2.76. The molecule has 0 aliphatic rings. The average molecular weight is 416 g/mol. The van der Waals surface area contributed by atoms with Gasteiger partial charge in [0.15, 0.2) is 6.10 Å². The molecule has 156 valence electrons. The fourth-order valence-electron chi connectivity index (χ4n) is 3.01. The third kappa shape index (κ3) is 4.53. The van der Waals surface area contributed by atoms with E-state index in [0.717, 1.165) is 11.3 Å². The molecule has 0 amide bonds. The molecule has 2 aromatic carbocycles. The predicted octanol–water partition coefficient (Wildman–Crippen LogP) is 4.72. The van der Waals surface area contributed by atoms with Crippen molar-refractivity contribution in [3.63, 3.8) is 0 Å². The number of aromatic nitrogens is 3. The van der Waals surface area contributed by atoms with Crippen molar-refractivity contribution >= 4 is 28.4 Å². The molecule has 1 atom stereocenters. The first-order valence-electron chi connectivity index (χ1n) is 9.61. The van der Waals surface area contributed by atoms with Crippen LogP contribution in [0.2, 0.25) is 0 Å². The molecule has 2 heterocycles. The van der Waals surface area contributed by atoms with Gasteiger partial charge < -0.3 is 19.9 Å². The lowest BCUT2D eigenvalue weighted by atomic mass is 10.1. The number of carbonyl (C=O) groups is 1. The number of hydrogen-bond donors (Lipinski definition) is 2. The molecule has 4 rings (SSSR count). The summed E-state index contributed by atoms with van der Waals surface area (Å²) >= 11 is 0. The summed E-state index contributed by atoms with van der Waals surface area (Å²) in [6.45, 7) is 3.41. The fourth-order valence-corrected chi connectivity index (χ4v) is 3.01. The van der Waals surface area contributed by atoms with Crippen molar-refractivity contribution in [2.75, 3.05) is 5.32 Å². The summed E-state index contributed by atoms with van der Waals surface area (Å²) in [6.07, 6.45) is 2.11. The molecule has 8 nitrogen and oxygen atoms in total. The highest BCUT2D eigenvalue weighted by Gasteiger charge is 2.17. The van der Waals surface area contributed by atoms with Crippen LogP contribution in [0.1, 0.15) is 12.5 Å². The first kappa shape index (κ1) is 20.1. The molecule has 8 heteroatoms. The van der Waals surface area contributed by atoms with Gasteiger partial charge in [0, 0.05) is 18.0 Å². The van der Waals surface area contributed by atoms with Gasteiger partial charge in [-0.2, -0.15) is 0 Å². The standard InChI is InChI=1S/C23H20N4O4/c1-14-12-16(9-10-18(14)31-20-8-3-4-11-24-20)27-22-21-17(25-13-26-22)6-5-7-19(21)30-15(2)23(28)29/h3-13,15H,1-2H3,(H,28,29)(H,25,26,27)/t15-/m1/s1. The fraction of sp³-hybridized carbons (Fsp3) is 0.130. The van der Waals surface area contributed by atoms with Gasteiger partial charge in [-0.1, -0.05) is 12.1 Å². The number of nitrogens with zero attached hydrogens (tertiary/aromatic N) is 3. The van der Waals surface area contributed by atoms with Crippen LogP contribution < -0.4 is 14.8 Å². The van der Waals surface area contributed by atoms with Crippen molar-refractivity contribution in [2.24, 2.45) is 0 Å². The maximum Gasteiger partial charge on any atom is 0.344 e. The minimum Gasteiger partial charge on any atom is -0.479 e. The van der Waals surface area contributed by atoms with Gasteiger partial charge in [0.2, 0.25) is 5.88 Å². The van der Waals surface area contributed by atoms with Crippen LogP contribution >= 0.6 is 0 Å². The van der Waals surface area contributed by atoms with E-state index < -0.39 is 12.1 Å². The molecule has 0 radical (unpaired) electrons. The van der Waals surface area contributed by atoms with Gasteiger partial charge in [0.05, 0.1) is 10.9 Å². The van der Waals surface area contributed by atoms with Crippen molar-refractivity contribution < 1.29 is 19.4 Å². The topological polar surface area (TPSA) is 106 Å². The molecule has 0 aliphatic heterocycles. The highest BCUT2D eigenvalue weighted by Crippen LogP contribution is 2.33. The minimum atomic E-state index is -1.05. The van der Waals surface area contributed by atoms with Crippen LogP contribution in [0.4, 0.5) is 11.5 Å². The van der Waals surface area contributed by atoms with Crippen LogP contribution in [0.5, 0.6) is 17.4 Å². The number of fused-ring (bicyclic) bond motifs is 1. The quantitative estimate of drug-likeness (QED) is 0.446. The Morgan fingerprint density at radius 3 is 2.65 bits per heavy atom. The number of ether oxygens (including phenoxy) is 2. The second-order valence-corrected chi connectivity index (χ2v) is 6.85. The number of rotatable bonds is 7. The Morgan fingerprint density at radius 1 is 1.03 bits per heavy atom. The number of aryl methyl sites for hydroxylation is 1. The zero-order chi connectivity index (χ0) is 21.8. The lowest BCUT2D eigenvalue weighted by Gasteiger charge is -2.15. The molecule has 31 heavy (non-hydrogen) atoms. The SMILES string of the molecule is Cc1cc(Nc2ncnc3cccc(O[C@H](C)C(=O)O)c23)ccc1Oc1ccccn1. The Kier molecular flexibility index (Phi) is 5.61. The first-order chi connectivity index (χ1) is 15.0. The monoisotopic (exact) mass is 416 g/mol. The smallest absolute Gasteiger partial charge is 0.344 e. The Bertz CT molecular complexity index is 1230. The number of benzene rings is 2. The zero-order valence-electron chi connectivity index (χ0n) is 16.9. The van der Waals surface area contributed by atoms with E-state index in [-0.39, 0.29) is 0 Å². The molecule has 2 aromatic heterocycles. The summed E-state index contributed by atoms with van der Waals surface area (Å²) in [5, 5.41) is 13.1. The van der Waals surface area contributed by atoms with E-state index in [1.54, 1.807) is 24.4 Å². The van der Waals surface area contributed by atoms with E-state index in [1.807, 2.05) is 43.3 Å². The van der Waals surface area contributed by atoms with Gasteiger partial charge in [-0.3, -0.25) is 0 Å². The first-order valence-corrected chi connectivity index (χ1v) is 9.61. The van der Waals surface area contributed by atoms with Crippen LogP contribution in [0.15, 0.2) is 67.1 Å². The van der Waals surface area contributed by atoms with Crippen molar-refractivity contribution in [1.82, 2.24) is 15.0 Å². The Balaban J connectivity index is 1.64. The third-order valence-electron chi connectivity index (χ3n) is 4.57. The lowest BCUT2D eigenvalue weighted by Crippen LogP contribution is -2.23. The third-order valence-corrected chi connectivity index (χ3v) is 4.57. The van der Waals surface area contributed by atoms with Crippen LogP contribution in [0, 0.1) is 6.92 Å². The van der Waals surface area contributed by atoms with Crippen LogP contribution in [0.3, 0.4) is 0 Å². The molecular weight excluding hydrogens is 396 g/mol. The molecule has 2 N–H and O–H groups in total. The second kappa shape index (κ2) is 8.66. The van der Waals surface area contributed by atoms with E-state index >= 15 is 0 Å². The zero-order valence-corrected chi connectivity index (χ0v) is 16.9. The number of hydrogen-bond acceptors (Lipinski definition) is 7. The molecule has 0 unspecified atom stereocenters. The van der Waals surface area contributed by atoms with Gasteiger partial charge in [0.25, 0.3) is 0 Å². The highest BCUT2D eigenvalue weighted by molar-refractivity contribution is 5.96. The van der Waals surface area contributed by atoms with Crippen molar-refractivity contribution in [3.05, 3.63) is 72.7 Å². The van der Waals surface area contributed by atoms with E-state index in [0.29, 0.717) is 34.1 Å². The molecule has 0 fully saturated rings. The van der Waals surface area contributed by atoms with E-state index in [2.05, 4.69) is 20.3 Å². The Morgan fingerprint density at radius 2 is 1.90 bits per heavy atom. The summed E-state index contributed by atoms with van der Waals surface area (Å²) in [5.74, 6) is 1.05. The number of nitrogens with one attached hydrogen (secondary N) is 1. The normalized spacial score (nSPS) is 11.7. The van der Waals surface area contributed by atoms with E-state index in [9.17, 15) is 9.90 Å². The number of carboxylic acid groups (broad SMARTS) is 1. The molecule has 0 saturated heterocycles. The summed E-state index contributed by atoms with van der Waals surface area (Å²) in [6, 6.07) is 16.4. The van der Waals surface area contributed by atoms with Crippen LogP contribution in [-0.4, -0.2) is 32.1 Å². The van der Waals surface area contributed by atoms with Gasteiger partial charge in [0.1, 0.15) is 23.6 Å². The van der Waals surface area contributed by atoms with Crippen LogP contribution in [-0.2, 0) is 4.79 Å². The number of carboxylic acids is 1. The van der Waals surface area contributed by atoms with Gasteiger partial charge in [-0.15, -0.1) is 0 Å². The number of anilines is 2. The van der Waals surface area contributed by atoms with Crippen molar-refractivity contribution in [3.8, 4) is 17.4 Å². The second-order valence-electron chi connectivity index (χ2n) is 6.85. The highest BCUT2D eigenvalue weighted by atomic mass is 16.5. The molecular formula is C23H20N4O4. The summed E-state index contributed by atoms with van der Waals surface area (Å²) in [5.41, 5.74) is 2.33. The maximum absolute atomic E-state index is 11.2. The Labute approximate surface area is 178 Å². The van der Waals surface area contributed by atoms with Gasteiger partial charge >= 0.3 is 5.97 Å². The molecule has 0 bridgehead atoms. The lowest BCUT2D eigenvalue weighted by molar-refractivity contribution is -0.144. The summed E-state index contributed by atoms with van der Waals surface area (Å²) in [7, 11) is 0. The summed E-state index contributed by atoms with van der Waals surface area (Å²) < 4.78 is 11.5. The largest absolute Gasteiger partial charge is 0.479 e. The van der Waals surface area contributed by atoms with Crippen molar-refractivity contribution in [1.29, 1.82) is 0 Å². The Hall–Kier alpha value is -4.20. The molecule has 0 spiro atoms.